The lowest BCUT2D eigenvalue weighted by Crippen LogP contribution is -2.58. The van der Waals surface area contributed by atoms with E-state index < -0.39 is 33.6 Å². The molecule has 22 heavy (non-hydrogen) atoms. The smallest absolute Gasteiger partial charge is 0.303 e. The molecule has 0 aromatic rings. The molecular weight excluding hydrogens is 324 g/mol. The predicted molar refractivity (Wildman–Crippen MR) is 62.3 cm³/mol. The SMILES string of the molecule is CC(=O)NC(=O)C1(OC(C)=O)CCN(C)CC1.[O-][Cl+3]([O-])([O-])O. The van der Waals surface area contributed by atoms with E-state index in [2.05, 4.69) is 5.32 Å². The maximum Gasteiger partial charge on any atom is 0.303 e. The monoisotopic (exact) mass is 342 g/mol. The average Bonchev–Trinajstić information content (AvgIpc) is 2.28. The van der Waals surface area contributed by atoms with E-state index in [4.69, 9.17) is 23.4 Å². The van der Waals surface area contributed by atoms with E-state index in [1.54, 1.807) is 0 Å². The summed E-state index contributed by atoms with van der Waals surface area (Å²) in [6.45, 7) is 3.83. The molecule has 1 aliphatic rings. The normalized spacial score (nSPS) is 17.8. The number of hydrogen-bond donors (Lipinski definition) is 2. The van der Waals surface area contributed by atoms with Crippen molar-refractivity contribution in [3.05, 3.63) is 0 Å². The number of nitrogens with one attached hydrogen (secondary N) is 1. The largest absolute Gasteiger partial charge is 0.449 e. The number of piperidine rings is 1. The second-order valence-corrected chi connectivity index (χ2v) is 5.59. The lowest BCUT2D eigenvalue weighted by Gasteiger charge is -2.38. The van der Waals surface area contributed by atoms with Gasteiger partial charge in [-0.05, 0) is 7.05 Å². The molecule has 1 aliphatic heterocycles. The van der Waals surface area contributed by atoms with Gasteiger partial charge in [0.25, 0.3) is 5.91 Å². The van der Waals surface area contributed by atoms with E-state index in [0.717, 1.165) is 0 Å². The molecule has 1 fully saturated rings. The first-order valence-electron chi connectivity index (χ1n) is 6.19. The Hall–Kier alpha value is -1.30. The fourth-order valence-corrected chi connectivity index (χ4v) is 1.90. The summed E-state index contributed by atoms with van der Waals surface area (Å²) in [5, 5.41) is 2.20. The fourth-order valence-electron chi connectivity index (χ4n) is 1.90. The molecule has 0 atom stereocenters. The highest BCUT2D eigenvalue weighted by Crippen LogP contribution is 2.26. The summed E-state index contributed by atoms with van der Waals surface area (Å²) in [6.07, 6.45) is 0.810. The molecule has 11 heteroatoms. The first kappa shape index (κ1) is 20.7. The van der Waals surface area contributed by atoms with Crippen molar-refractivity contribution in [3.8, 4) is 0 Å². The molecule has 0 aliphatic carbocycles. The second kappa shape index (κ2) is 8.36. The molecule has 0 radical (unpaired) electrons. The average molecular weight is 343 g/mol. The predicted octanol–water partition coefficient (Wildman–Crippen LogP) is -4.45. The first-order valence-corrected chi connectivity index (χ1v) is 7.45. The van der Waals surface area contributed by atoms with Gasteiger partial charge in [-0.1, -0.05) is 0 Å². The summed E-state index contributed by atoms with van der Waals surface area (Å²) < 4.78 is 37.9. The maximum absolute atomic E-state index is 11.9. The highest BCUT2D eigenvalue weighted by Gasteiger charge is 2.44. The van der Waals surface area contributed by atoms with Crippen LogP contribution >= 0.6 is 0 Å². The Morgan fingerprint density at radius 1 is 1.18 bits per heavy atom. The van der Waals surface area contributed by atoms with Crippen molar-refractivity contribution >= 4 is 17.8 Å². The van der Waals surface area contributed by atoms with Gasteiger partial charge in [0.1, 0.15) is 0 Å². The number of imide groups is 1. The Labute approximate surface area is 129 Å². The van der Waals surface area contributed by atoms with E-state index in [9.17, 15) is 14.4 Å². The van der Waals surface area contributed by atoms with Crippen molar-refractivity contribution in [1.29, 1.82) is 0 Å². The number of halogens is 1. The van der Waals surface area contributed by atoms with Crippen LogP contribution in [-0.2, 0) is 19.1 Å². The van der Waals surface area contributed by atoms with Crippen LogP contribution in [-0.4, -0.2) is 53.1 Å². The molecule has 2 amide bonds. The number of amides is 2. The number of carbonyl (C=O) groups excluding carboxylic acids is 3. The molecule has 0 aromatic heterocycles. The van der Waals surface area contributed by atoms with Crippen LogP contribution in [0.1, 0.15) is 26.7 Å². The first-order chi connectivity index (χ1) is 9.85. The third kappa shape index (κ3) is 8.87. The van der Waals surface area contributed by atoms with Crippen LogP contribution in [0.25, 0.3) is 0 Å². The van der Waals surface area contributed by atoms with Gasteiger partial charge < -0.3 is 9.64 Å². The summed E-state index contributed by atoms with van der Waals surface area (Å²) in [5.41, 5.74) is -1.19. The van der Waals surface area contributed by atoms with E-state index in [1.807, 2.05) is 11.9 Å². The number of esters is 1. The Kier molecular flexibility index (Phi) is 7.87. The third-order valence-electron chi connectivity index (χ3n) is 2.84. The van der Waals surface area contributed by atoms with Crippen LogP contribution in [0, 0.1) is 10.2 Å². The zero-order valence-electron chi connectivity index (χ0n) is 12.5. The number of likely N-dealkylation sites (tertiary alicyclic amines) is 1. The zero-order valence-corrected chi connectivity index (χ0v) is 13.2. The van der Waals surface area contributed by atoms with Crippen molar-refractivity contribution in [3.63, 3.8) is 0 Å². The molecule has 1 heterocycles. The number of hydrogen-bond acceptors (Lipinski definition) is 9. The molecule has 10 nitrogen and oxygen atoms in total. The van der Waals surface area contributed by atoms with Gasteiger partial charge in [0, 0.05) is 39.8 Å². The van der Waals surface area contributed by atoms with E-state index in [-0.39, 0.29) is 0 Å². The molecule has 2 N–H and O–H groups in total. The number of rotatable bonds is 2. The van der Waals surface area contributed by atoms with E-state index >= 15 is 0 Å². The quantitative estimate of drug-likeness (QED) is 0.470. The van der Waals surface area contributed by atoms with Gasteiger partial charge in [-0.3, -0.25) is 19.7 Å². The van der Waals surface area contributed by atoms with Gasteiger partial charge in [0.2, 0.25) is 5.91 Å². The number of nitrogens with zero attached hydrogens (tertiary/aromatic N) is 1. The van der Waals surface area contributed by atoms with Crippen LogP contribution in [0.4, 0.5) is 0 Å². The molecule has 1 rings (SSSR count). The minimum atomic E-state index is -4.69. The fraction of sp³-hybridized carbons (Fsp3) is 0.727. The lowest BCUT2D eigenvalue weighted by molar-refractivity contribution is -1.92. The standard InChI is InChI=1S/C11H18N2O4.ClHO4/c1-8(14)12-10(16)11(17-9(2)15)4-6-13(3)7-5-11;2-1(3,4)5/h4-7H2,1-3H3,(H,12,14,16);(H,2,3,4,5). The Bertz CT molecular complexity index is 409. The van der Waals surface area contributed by atoms with Crippen LogP contribution in [0.2, 0.25) is 0 Å². The van der Waals surface area contributed by atoms with Crippen molar-refractivity contribution in [2.45, 2.75) is 32.3 Å². The third-order valence-corrected chi connectivity index (χ3v) is 2.84. The van der Waals surface area contributed by atoms with Crippen LogP contribution in [0.15, 0.2) is 0 Å². The minimum Gasteiger partial charge on any atom is -0.449 e. The Morgan fingerprint density at radius 2 is 1.59 bits per heavy atom. The van der Waals surface area contributed by atoms with Gasteiger partial charge in [-0.15, -0.1) is 0 Å². The number of ether oxygens (including phenoxy) is 1. The summed E-state index contributed by atoms with van der Waals surface area (Å²) in [6, 6.07) is 0. The Balaban J connectivity index is 0.000000763. The van der Waals surface area contributed by atoms with Gasteiger partial charge in [-0.25, -0.2) is 0 Å². The maximum atomic E-state index is 11.9. The molecule has 0 saturated carbocycles. The van der Waals surface area contributed by atoms with E-state index in [1.165, 1.54) is 13.8 Å². The van der Waals surface area contributed by atoms with Crippen molar-refractivity contribution in [2.24, 2.45) is 0 Å². The van der Waals surface area contributed by atoms with Crippen LogP contribution in [0.3, 0.4) is 0 Å². The van der Waals surface area contributed by atoms with Crippen LogP contribution < -0.4 is 19.3 Å². The van der Waals surface area contributed by atoms with Gasteiger partial charge in [-0.2, -0.15) is 14.0 Å². The second-order valence-electron chi connectivity index (χ2n) is 4.80. The van der Waals surface area contributed by atoms with Gasteiger partial charge >= 0.3 is 5.97 Å². The summed E-state index contributed by atoms with van der Waals surface area (Å²) in [5.74, 6) is -1.47. The highest BCUT2D eigenvalue weighted by molar-refractivity contribution is 5.99. The summed E-state index contributed by atoms with van der Waals surface area (Å²) in [4.78, 5) is 36.0. The van der Waals surface area contributed by atoms with Crippen molar-refractivity contribution in [1.82, 2.24) is 10.2 Å². The van der Waals surface area contributed by atoms with Gasteiger partial charge in [0.15, 0.2) is 5.60 Å². The van der Waals surface area contributed by atoms with Crippen LogP contribution in [0.5, 0.6) is 0 Å². The van der Waals surface area contributed by atoms with Crippen molar-refractivity contribution < 1.29 is 48.0 Å². The number of carbonyl (C=O) groups is 3. The molecule has 0 bridgehead atoms. The highest BCUT2D eigenvalue weighted by atomic mass is 35.7. The topological polar surface area (TPSA) is 165 Å². The minimum absolute atomic E-state index is 0.405. The summed E-state index contributed by atoms with van der Waals surface area (Å²) >= 11 is 0. The zero-order chi connectivity index (χ0) is 17.6. The molecule has 128 valence electrons. The Morgan fingerprint density at radius 3 is 1.91 bits per heavy atom. The lowest BCUT2D eigenvalue weighted by atomic mass is 9.90. The van der Waals surface area contributed by atoms with Gasteiger partial charge in [0.05, 0.1) is 14.9 Å². The summed E-state index contributed by atoms with van der Waals surface area (Å²) in [7, 11) is -2.76. The van der Waals surface area contributed by atoms with Crippen molar-refractivity contribution in [2.75, 3.05) is 20.1 Å². The molecular formula is C11H19ClN2O8. The molecule has 0 spiro atoms. The molecule has 0 aromatic carbocycles. The molecule has 0 unspecified atom stereocenters. The van der Waals surface area contributed by atoms with E-state index in [0.29, 0.717) is 25.9 Å². The molecule has 1 saturated heterocycles.